The van der Waals surface area contributed by atoms with Gasteiger partial charge in [-0.1, -0.05) is 33.1 Å². The summed E-state index contributed by atoms with van der Waals surface area (Å²) >= 11 is 0. The van der Waals surface area contributed by atoms with Gasteiger partial charge in [-0.3, -0.25) is 4.79 Å². The molecular weight excluding hydrogens is 244 g/mol. The Balaban J connectivity index is 2.64. The molecule has 0 aromatic rings. The van der Waals surface area contributed by atoms with Gasteiger partial charge < -0.3 is 9.47 Å². The van der Waals surface area contributed by atoms with Crippen molar-refractivity contribution in [3.8, 4) is 0 Å². The van der Waals surface area contributed by atoms with E-state index in [0.29, 0.717) is 5.92 Å². The highest BCUT2D eigenvalue weighted by molar-refractivity contribution is 5.75. The van der Waals surface area contributed by atoms with Crippen LogP contribution in [0.4, 0.5) is 0 Å². The van der Waals surface area contributed by atoms with Crippen LogP contribution >= 0.6 is 0 Å². The Bertz CT molecular complexity index is 301. The molecule has 0 N–H and O–H groups in total. The monoisotopic (exact) mass is 270 g/mol. The molecule has 1 rings (SSSR count). The van der Waals surface area contributed by atoms with Crippen LogP contribution in [-0.4, -0.2) is 24.1 Å². The second-order valence-corrected chi connectivity index (χ2v) is 5.36. The second-order valence-electron chi connectivity index (χ2n) is 5.36. The van der Waals surface area contributed by atoms with Crippen molar-refractivity contribution in [3.05, 3.63) is 0 Å². The Labute approximate surface area is 115 Å². The van der Waals surface area contributed by atoms with Gasteiger partial charge in [-0.25, -0.2) is 4.79 Å². The van der Waals surface area contributed by atoms with Crippen molar-refractivity contribution in [1.29, 1.82) is 0 Å². The van der Waals surface area contributed by atoms with Gasteiger partial charge >= 0.3 is 11.9 Å². The summed E-state index contributed by atoms with van der Waals surface area (Å²) in [6.45, 7) is 5.15. The number of carbonyl (C=O) groups is 2. The number of esters is 2. The molecule has 0 saturated heterocycles. The number of hydrogen-bond acceptors (Lipinski definition) is 4. The van der Waals surface area contributed by atoms with Crippen LogP contribution < -0.4 is 0 Å². The lowest BCUT2D eigenvalue weighted by Crippen LogP contribution is -2.43. The summed E-state index contributed by atoms with van der Waals surface area (Å²) < 4.78 is 10.4. The first-order valence-corrected chi connectivity index (χ1v) is 7.39. The Morgan fingerprint density at radius 1 is 1.11 bits per heavy atom. The quantitative estimate of drug-likeness (QED) is 0.695. The van der Waals surface area contributed by atoms with Crippen LogP contribution in [0.1, 0.15) is 65.7 Å². The maximum absolute atomic E-state index is 11.8. The number of ether oxygens (including phenoxy) is 2. The standard InChI is InChI=1S/C15H26O4/c1-4-15(5-2,13-9-7-6-8-10-13)19-14(17)11-18-12(3)16/h13H,4-11H2,1-3H3. The number of hydrogen-bond donors (Lipinski definition) is 0. The first-order valence-electron chi connectivity index (χ1n) is 7.39. The van der Waals surface area contributed by atoms with Gasteiger partial charge in [0, 0.05) is 6.92 Å². The Morgan fingerprint density at radius 3 is 2.16 bits per heavy atom. The molecule has 110 valence electrons. The van der Waals surface area contributed by atoms with E-state index in [9.17, 15) is 9.59 Å². The fourth-order valence-electron chi connectivity index (χ4n) is 3.10. The number of rotatable bonds is 6. The van der Waals surface area contributed by atoms with Gasteiger partial charge in [0.25, 0.3) is 0 Å². The molecule has 1 aliphatic carbocycles. The van der Waals surface area contributed by atoms with E-state index in [1.807, 2.05) is 0 Å². The first kappa shape index (κ1) is 16.0. The van der Waals surface area contributed by atoms with Crippen LogP contribution in [0, 0.1) is 5.92 Å². The van der Waals surface area contributed by atoms with Crippen molar-refractivity contribution in [3.63, 3.8) is 0 Å². The van der Waals surface area contributed by atoms with E-state index in [-0.39, 0.29) is 12.2 Å². The number of carbonyl (C=O) groups excluding carboxylic acids is 2. The van der Waals surface area contributed by atoms with Crippen LogP contribution in [0.2, 0.25) is 0 Å². The second kappa shape index (κ2) is 7.51. The van der Waals surface area contributed by atoms with E-state index in [0.717, 1.165) is 25.7 Å². The Morgan fingerprint density at radius 2 is 1.68 bits per heavy atom. The zero-order chi connectivity index (χ0) is 14.3. The summed E-state index contributed by atoms with van der Waals surface area (Å²) in [4.78, 5) is 22.5. The molecule has 0 aromatic carbocycles. The summed E-state index contributed by atoms with van der Waals surface area (Å²) in [5, 5.41) is 0. The highest BCUT2D eigenvalue weighted by Crippen LogP contribution is 2.39. The van der Waals surface area contributed by atoms with Gasteiger partial charge in [-0.2, -0.15) is 0 Å². The molecule has 1 fully saturated rings. The zero-order valence-corrected chi connectivity index (χ0v) is 12.4. The molecule has 1 aliphatic rings. The minimum atomic E-state index is -0.451. The van der Waals surface area contributed by atoms with E-state index in [1.54, 1.807) is 0 Å². The molecule has 0 bridgehead atoms. The van der Waals surface area contributed by atoms with Gasteiger partial charge in [0.15, 0.2) is 6.61 Å². The van der Waals surface area contributed by atoms with Crippen molar-refractivity contribution in [1.82, 2.24) is 0 Å². The third kappa shape index (κ3) is 4.51. The molecule has 4 heteroatoms. The molecule has 0 atom stereocenters. The van der Waals surface area contributed by atoms with Crippen molar-refractivity contribution in [2.24, 2.45) is 5.92 Å². The van der Waals surface area contributed by atoms with Crippen molar-refractivity contribution < 1.29 is 19.1 Å². The van der Waals surface area contributed by atoms with Crippen LogP contribution in [0.5, 0.6) is 0 Å². The molecule has 0 radical (unpaired) electrons. The fraction of sp³-hybridized carbons (Fsp3) is 0.867. The maximum atomic E-state index is 11.8. The van der Waals surface area contributed by atoms with Crippen LogP contribution in [-0.2, 0) is 19.1 Å². The molecular formula is C15H26O4. The summed E-state index contributed by atoms with van der Waals surface area (Å²) in [6, 6.07) is 0. The first-order chi connectivity index (χ1) is 9.04. The lowest BCUT2D eigenvalue weighted by Gasteiger charge is -2.41. The predicted molar refractivity (Wildman–Crippen MR) is 72.6 cm³/mol. The Kier molecular flexibility index (Phi) is 6.32. The highest BCUT2D eigenvalue weighted by atomic mass is 16.6. The Hall–Kier alpha value is -1.06. The molecule has 0 spiro atoms. The largest absolute Gasteiger partial charge is 0.456 e. The summed E-state index contributed by atoms with van der Waals surface area (Å²) in [5.41, 5.74) is -0.377. The van der Waals surface area contributed by atoms with Gasteiger partial charge in [0.1, 0.15) is 5.60 Å². The third-order valence-corrected chi connectivity index (χ3v) is 4.26. The maximum Gasteiger partial charge on any atom is 0.344 e. The molecule has 0 aromatic heterocycles. The van der Waals surface area contributed by atoms with E-state index in [1.165, 1.54) is 26.2 Å². The zero-order valence-electron chi connectivity index (χ0n) is 12.4. The lowest BCUT2D eigenvalue weighted by atomic mass is 9.74. The summed E-state index contributed by atoms with van der Waals surface area (Å²) in [6.07, 6.45) is 7.61. The predicted octanol–water partition coefficient (Wildman–Crippen LogP) is 3.23. The fourth-order valence-corrected chi connectivity index (χ4v) is 3.10. The van der Waals surface area contributed by atoms with Gasteiger partial charge in [-0.15, -0.1) is 0 Å². The minimum absolute atomic E-state index is 0.274. The van der Waals surface area contributed by atoms with Crippen molar-refractivity contribution in [2.45, 2.75) is 71.3 Å². The lowest BCUT2D eigenvalue weighted by molar-refractivity contribution is -0.177. The van der Waals surface area contributed by atoms with Crippen LogP contribution in [0.15, 0.2) is 0 Å². The molecule has 19 heavy (non-hydrogen) atoms. The topological polar surface area (TPSA) is 52.6 Å². The van der Waals surface area contributed by atoms with Crippen molar-refractivity contribution in [2.75, 3.05) is 6.61 Å². The van der Waals surface area contributed by atoms with Gasteiger partial charge in [0.2, 0.25) is 0 Å². The van der Waals surface area contributed by atoms with Crippen molar-refractivity contribution >= 4 is 11.9 Å². The molecule has 0 amide bonds. The molecule has 0 aliphatic heterocycles. The molecule has 4 nitrogen and oxygen atoms in total. The van der Waals surface area contributed by atoms with Gasteiger partial charge in [-0.05, 0) is 31.6 Å². The molecule has 0 heterocycles. The summed E-state index contributed by atoms with van der Waals surface area (Å²) in [7, 11) is 0. The highest BCUT2D eigenvalue weighted by Gasteiger charge is 2.39. The normalized spacial score (nSPS) is 17.0. The molecule has 0 unspecified atom stereocenters. The molecule has 1 saturated carbocycles. The minimum Gasteiger partial charge on any atom is -0.456 e. The van der Waals surface area contributed by atoms with E-state index in [2.05, 4.69) is 13.8 Å². The average Bonchev–Trinajstić information content (AvgIpc) is 2.43. The third-order valence-electron chi connectivity index (χ3n) is 4.26. The van der Waals surface area contributed by atoms with E-state index >= 15 is 0 Å². The van der Waals surface area contributed by atoms with Gasteiger partial charge in [0.05, 0.1) is 0 Å². The van der Waals surface area contributed by atoms with Crippen LogP contribution in [0.3, 0.4) is 0 Å². The van der Waals surface area contributed by atoms with Crippen LogP contribution in [0.25, 0.3) is 0 Å². The SMILES string of the molecule is CCC(CC)(OC(=O)COC(C)=O)C1CCCCC1. The summed E-state index contributed by atoms with van der Waals surface area (Å²) in [5.74, 6) is -0.435. The van der Waals surface area contributed by atoms with E-state index in [4.69, 9.17) is 9.47 Å². The smallest absolute Gasteiger partial charge is 0.344 e. The average molecular weight is 270 g/mol. The van der Waals surface area contributed by atoms with E-state index < -0.39 is 11.9 Å².